The summed E-state index contributed by atoms with van der Waals surface area (Å²) in [4.78, 5) is 31.5. The van der Waals surface area contributed by atoms with E-state index in [9.17, 15) is 9.59 Å². The summed E-state index contributed by atoms with van der Waals surface area (Å²) in [5.74, 6) is 0.559. The lowest BCUT2D eigenvalue weighted by Gasteiger charge is -2.27. The number of nitrogens with one attached hydrogen (secondary N) is 2. The van der Waals surface area contributed by atoms with Gasteiger partial charge in [-0.1, -0.05) is 48.5 Å². The van der Waals surface area contributed by atoms with Gasteiger partial charge in [-0.05, 0) is 42.3 Å². The lowest BCUT2D eigenvalue weighted by Crippen LogP contribution is -2.36. The Bertz CT molecular complexity index is 2260. The minimum absolute atomic E-state index is 0.0169. The molecule has 44 heavy (non-hydrogen) atoms. The van der Waals surface area contributed by atoms with Crippen LogP contribution in [0.25, 0.3) is 53.2 Å². The maximum absolute atomic E-state index is 13.2. The van der Waals surface area contributed by atoms with E-state index in [0.717, 1.165) is 53.5 Å². The zero-order valence-corrected chi connectivity index (χ0v) is 24.7. The Morgan fingerprint density at radius 2 is 1.66 bits per heavy atom. The molecular weight excluding hydrogens is 570 g/mol. The third-order valence-electron chi connectivity index (χ3n) is 8.43. The molecule has 1 amide bonds. The average molecular weight is 600 g/mol. The van der Waals surface area contributed by atoms with Crippen LogP contribution in [0.1, 0.15) is 12.0 Å². The van der Waals surface area contributed by atoms with Crippen molar-refractivity contribution in [3.8, 4) is 11.1 Å². The lowest BCUT2D eigenvalue weighted by atomic mass is 10.0. The summed E-state index contributed by atoms with van der Waals surface area (Å²) in [5.41, 5.74) is 5.44. The highest BCUT2D eigenvalue weighted by Crippen LogP contribution is 2.42. The topological polar surface area (TPSA) is 87.6 Å². The zero-order valence-electron chi connectivity index (χ0n) is 23.9. The Kier molecular flexibility index (Phi) is 6.65. The molecule has 4 aromatic carbocycles. The number of ether oxygens (including phenoxy) is 1. The number of aryl methyl sites for hydroxylation is 1. The summed E-state index contributed by atoms with van der Waals surface area (Å²) in [6.45, 7) is 2.59. The van der Waals surface area contributed by atoms with Gasteiger partial charge < -0.3 is 24.4 Å². The van der Waals surface area contributed by atoms with E-state index < -0.39 is 0 Å². The number of anilines is 2. The van der Waals surface area contributed by atoms with Crippen molar-refractivity contribution in [2.45, 2.75) is 12.8 Å². The highest BCUT2D eigenvalue weighted by atomic mass is 32.1. The summed E-state index contributed by atoms with van der Waals surface area (Å²) in [5, 5.41) is 7.01. The van der Waals surface area contributed by atoms with Crippen LogP contribution < -0.4 is 15.6 Å². The molecule has 7 nitrogen and oxygen atoms in total. The first-order valence-corrected chi connectivity index (χ1v) is 15.6. The SMILES string of the molecule is O=C(CCc1c[nH]c2ccccc12)Nc1ccc2sc3c(-c4cccc5c(=O)cc(N6CCOCC6)oc45)cccc3c2c1. The quantitative estimate of drug-likeness (QED) is 0.204. The van der Waals surface area contributed by atoms with Gasteiger partial charge in [0.05, 0.1) is 18.6 Å². The third kappa shape index (κ3) is 4.72. The van der Waals surface area contributed by atoms with Crippen molar-refractivity contribution in [3.63, 3.8) is 0 Å². The number of carbonyl (C=O) groups is 1. The Labute approximate surface area is 256 Å². The number of fused-ring (bicyclic) bond motifs is 5. The van der Waals surface area contributed by atoms with E-state index in [2.05, 4.69) is 45.5 Å². The number of thiophene rings is 1. The molecule has 0 saturated carbocycles. The van der Waals surface area contributed by atoms with Crippen LogP contribution >= 0.6 is 11.3 Å². The standard InChI is InChI=1S/C36H29N3O4S/c40-31-20-34(39-15-17-42-18-16-39)43-35-25(6-3-9-28(31)35)26-7-4-8-27-29-19-23(12-13-32(29)44-36(26)27)38-33(41)14-11-22-21-37-30-10-2-1-5-24(22)30/h1-10,12-13,19-21,37H,11,14-18H2,(H,38,41). The second kappa shape index (κ2) is 11.0. The number of aromatic amines is 1. The molecule has 2 N–H and O–H groups in total. The number of rotatable bonds is 6. The van der Waals surface area contributed by atoms with Gasteiger partial charge >= 0.3 is 0 Å². The summed E-state index contributed by atoms with van der Waals surface area (Å²) < 4.78 is 14.2. The predicted octanol–water partition coefficient (Wildman–Crippen LogP) is 7.72. The Morgan fingerprint density at radius 3 is 2.55 bits per heavy atom. The van der Waals surface area contributed by atoms with Gasteiger partial charge in [0.15, 0.2) is 11.3 Å². The monoisotopic (exact) mass is 599 g/mol. The maximum Gasteiger partial charge on any atom is 0.224 e. The molecule has 1 fully saturated rings. The lowest BCUT2D eigenvalue weighted by molar-refractivity contribution is -0.116. The Hall–Kier alpha value is -4.92. The molecule has 1 aliphatic heterocycles. The van der Waals surface area contributed by atoms with E-state index in [0.29, 0.717) is 56.0 Å². The molecule has 3 aromatic heterocycles. The third-order valence-corrected chi connectivity index (χ3v) is 9.65. The van der Waals surface area contributed by atoms with Gasteiger partial charge in [-0.3, -0.25) is 9.59 Å². The average Bonchev–Trinajstić information content (AvgIpc) is 3.65. The van der Waals surface area contributed by atoms with Crippen molar-refractivity contribution in [2.24, 2.45) is 0 Å². The molecule has 8 heteroatoms. The van der Waals surface area contributed by atoms with Crippen molar-refractivity contribution >= 4 is 70.9 Å². The van der Waals surface area contributed by atoms with Crippen LogP contribution in [0.2, 0.25) is 0 Å². The smallest absolute Gasteiger partial charge is 0.224 e. The fraction of sp³-hybridized carbons (Fsp3) is 0.167. The molecule has 4 heterocycles. The first-order chi connectivity index (χ1) is 21.6. The van der Waals surface area contributed by atoms with Crippen LogP contribution in [0.4, 0.5) is 11.6 Å². The minimum Gasteiger partial charge on any atom is -0.440 e. The number of para-hydroxylation sites is 2. The highest BCUT2D eigenvalue weighted by Gasteiger charge is 2.19. The number of morpholine rings is 1. The molecule has 8 rings (SSSR count). The first kappa shape index (κ1) is 26.7. The van der Waals surface area contributed by atoms with E-state index in [-0.39, 0.29) is 11.3 Å². The van der Waals surface area contributed by atoms with E-state index in [1.54, 1.807) is 17.4 Å². The van der Waals surface area contributed by atoms with Gasteiger partial charge in [-0.15, -0.1) is 11.3 Å². The number of amides is 1. The molecule has 0 aliphatic carbocycles. The van der Waals surface area contributed by atoms with Crippen molar-refractivity contribution < 1.29 is 13.9 Å². The summed E-state index contributed by atoms with van der Waals surface area (Å²) in [6, 6.07) is 27.8. The first-order valence-electron chi connectivity index (χ1n) is 14.8. The van der Waals surface area contributed by atoms with Crippen LogP contribution in [0.3, 0.4) is 0 Å². The molecule has 0 atom stereocenters. The van der Waals surface area contributed by atoms with Gasteiger partial charge in [0.2, 0.25) is 5.91 Å². The molecule has 1 saturated heterocycles. The second-order valence-corrected chi connectivity index (χ2v) is 12.2. The predicted molar refractivity (Wildman–Crippen MR) is 179 cm³/mol. The van der Waals surface area contributed by atoms with Crippen molar-refractivity contribution in [3.05, 3.63) is 107 Å². The molecule has 1 aliphatic rings. The molecule has 0 spiro atoms. The fourth-order valence-electron chi connectivity index (χ4n) is 6.22. The molecule has 0 unspecified atom stereocenters. The fourth-order valence-corrected chi connectivity index (χ4v) is 7.43. The van der Waals surface area contributed by atoms with Gasteiger partial charge in [-0.25, -0.2) is 0 Å². The molecular formula is C36H29N3O4S. The minimum atomic E-state index is -0.0526. The van der Waals surface area contributed by atoms with Gasteiger partial charge in [0, 0.05) is 79.7 Å². The van der Waals surface area contributed by atoms with Gasteiger partial charge in [0.25, 0.3) is 0 Å². The molecule has 0 radical (unpaired) electrons. The zero-order chi connectivity index (χ0) is 29.6. The molecule has 218 valence electrons. The van der Waals surface area contributed by atoms with Crippen LogP contribution in [0.5, 0.6) is 0 Å². The number of H-pyrrole nitrogens is 1. The van der Waals surface area contributed by atoms with Crippen LogP contribution in [-0.2, 0) is 16.0 Å². The molecule has 0 bridgehead atoms. The van der Waals surface area contributed by atoms with E-state index in [1.165, 1.54) is 0 Å². The van der Waals surface area contributed by atoms with Crippen LogP contribution in [0.15, 0.2) is 100 Å². The summed E-state index contributed by atoms with van der Waals surface area (Å²) in [7, 11) is 0. The number of hydrogen-bond donors (Lipinski definition) is 2. The second-order valence-electron chi connectivity index (χ2n) is 11.1. The Morgan fingerprint density at radius 1 is 0.864 bits per heavy atom. The highest BCUT2D eigenvalue weighted by molar-refractivity contribution is 7.26. The van der Waals surface area contributed by atoms with Crippen LogP contribution in [0, 0.1) is 0 Å². The largest absolute Gasteiger partial charge is 0.440 e. The number of hydrogen-bond acceptors (Lipinski definition) is 6. The van der Waals surface area contributed by atoms with Crippen molar-refractivity contribution in [1.82, 2.24) is 4.98 Å². The summed E-state index contributed by atoms with van der Waals surface area (Å²) in [6.07, 6.45) is 3.05. The van der Waals surface area contributed by atoms with E-state index in [1.807, 2.05) is 54.7 Å². The molecule has 7 aromatic rings. The number of carbonyl (C=O) groups excluding carboxylic acids is 1. The van der Waals surface area contributed by atoms with Crippen molar-refractivity contribution in [1.29, 1.82) is 0 Å². The van der Waals surface area contributed by atoms with Crippen LogP contribution in [-0.4, -0.2) is 37.2 Å². The number of aromatic nitrogens is 1. The number of benzene rings is 4. The van der Waals surface area contributed by atoms with Gasteiger partial charge in [-0.2, -0.15) is 0 Å². The maximum atomic E-state index is 13.2. The number of nitrogens with zero attached hydrogens (tertiary/aromatic N) is 1. The van der Waals surface area contributed by atoms with E-state index >= 15 is 0 Å². The van der Waals surface area contributed by atoms with E-state index in [4.69, 9.17) is 9.15 Å². The van der Waals surface area contributed by atoms with Gasteiger partial charge in [0.1, 0.15) is 5.58 Å². The normalized spacial score (nSPS) is 13.8. The van der Waals surface area contributed by atoms with Crippen molar-refractivity contribution in [2.75, 3.05) is 36.5 Å². The Balaban J connectivity index is 1.12. The summed E-state index contributed by atoms with van der Waals surface area (Å²) >= 11 is 1.70.